The Kier molecular flexibility index (Phi) is 4.66. The van der Waals surface area contributed by atoms with E-state index >= 15 is 0 Å². The molecule has 0 bridgehead atoms. The van der Waals surface area contributed by atoms with E-state index in [1.807, 2.05) is 0 Å². The summed E-state index contributed by atoms with van der Waals surface area (Å²) in [5, 5.41) is 6.95. The van der Waals surface area contributed by atoms with Gasteiger partial charge in [-0.2, -0.15) is 0 Å². The van der Waals surface area contributed by atoms with Crippen molar-refractivity contribution < 1.29 is 9.47 Å². The standard InChI is InChI=1S/C22H28N2O2/c1-14(2)16-4-6-19-22(12-16)26-18(13-24-19)10-15(3)17-5-7-21-20(11-17)23-8-9-25-21/h4-7,11-12,14-15,18,23-24H,8-10,13H2,1-3H3. The van der Waals surface area contributed by atoms with Gasteiger partial charge in [0.25, 0.3) is 0 Å². The largest absolute Gasteiger partial charge is 0.490 e. The van der Waals surface area contributed by atoms with Crippen LogP contribution in [0, 0.1) is 0 Å². The number of fused-ring (bicyclic) bond motifs is 2. The summed E-state index contributed by atoms with van der Waals surface area (Å²) in [6.07, 6.45) is 1.16. The molecule has 4 nitrogen and oxygen atoms in total. The smallest absolute Gasteiger partial charge is 0.143 e. The molecule has 2 heterocycles. The molecular weight excluding hydrogens is 324 g/mol. The lowest BCUT2D eigenvalue weighted by atomic mass is 9.93. The van der Waals surface area contributed by atoms with Gasteiger partial charge in [0.1, 0.15) is 24.2 Å². The third-order valence-corrected chi connectivity index (χ3v) is 5.35. The lowest BCUT2D eigenvalue weighted by Crippen LogP contribution is -2.32. The highest BCUT2D eigenvalue weighted by atomic mass is 16.5. The highest BCUT2D eigenvalue weighted by molar-refractivity contribution is 5.60. The van der Waals surface area contributed by atoms with Crippen LogP contribution in [0.5, 0.6) is 11.5 Å². The number of ether oxygens (including phenoxy) is 2. The average molecular weight is 352 g/mol. The molecule has 2 aromatic carbocycles. The number of rotatable bonds is 4. The van der Waals surface area contributed by atoms with Crippen molar-refractivity contribution in [3.63, 3.8) is 0 Å². The molecule has 2 unspecified atom stereocenters. The molecule has 138 valence electrons. The maximum Gasteiger partial charge on any atom is 0.143 e. The molecular formula is C22H28N2O2. The fourth-order valence-electron chi connectivity index (χ4n) is 3.71. The molecule has 0 radical (unpaired) electrons. The molecule has 26 heavy (non-hydrogen) atoms. The van der Waals surface area contributed by atoms with Gasteiger partial charge in [-0.25, -0.2) is 0 Å². The number of hydrogen-bond donors (Lipinski definition) is 2. The van der Waals surface area contributed by atoms with Gasteiger partial charge in [-0.05, 0) is 53.6 Å². The second-order valence-corrected chi connectivity index (χ2v) is 7.70. The fourth-order valence-corrected chi connectivity index (χ4v) is 3.71. The number of anilines is 2. The molecule has 2 aromatic rings. The minimum Gasteiger partial charge on any atom is -0.490 e. The second kappa shape index (κ2) is 7.10. The molecule has 0 amide bonds. The number of hydrogen-bond acceptors (Lipinski definition) is 4. The van der Waals surface area contributed by atoms with Gasteiger partial charge in [-0.15, -0.1) is 0 Å². The fraction of sp³-hybridized carbons (Fsp3) is 0.455. The Morgan fingerprint density at radius 3 is 2.65 bits per heavy atom. The van der Waals surface area contributed by atoms with Crippen LogP contribution in [0.15, 0.2) is 36.4 Å². The minimum atomic E-state index is 0.181. The van der Waals surface area contributed by atoms with Gasteiger partial charge >= 0.3 is 0 Å². The molecule has 0 saturated heterocycles. The van der Waals surface area contributed by atoms with E-state index in [1.165, 1.54) is 11.1 Å². The van der Waals surface area contributed by atoms with E-state index in [0.717, 1.165) is 49.0 Å². The number of nitrogens with one attached hydrogen (secondary N) is 2. The van der Waals surface area contributed by atoms with E-state index < -0.39 is 0 Å². The Morgan fingerprint density at radius 2 is 1.81 bits per heavy atom. The first-order valence-corrected chi connectivity index (χ1v) is 9.65. The molecule has 4 heteroatoms. The van der Waals surface area contributed by atoms with Crippen LogP contribution >= 0.6 is 0 Å². The zero-order valence-electron chi connectivity index (χ0n) is 15.8. The summed E-state index contributed by atoms with van der Waals surface area (Å²) in [5.41, 5.74) is 4.86. The van der Waals surface area contributed by atoms with E-state index in [2.05, 4.69) is 67.8 Å². The summed E-state index contributed by atoms with van der Waals surface area (Å²) in [7, 11) is 0. The first-order valence-electron chi connectivity index (χ1n) is 9.65. The second-order valence-electron chi connectivity index (χ2n) is 7.70. The molecule has 2 aliphatic rings. The van der Waals surface area contributed by atoms with Crippen LogP contribution < -0.4 is 20.1 Å². The SMILES string of the molecule is CC(C)c1ccc2c(c1)OC(CC(C)c1ccc3c(c1)NCCO3)CN2. The molecule has 0 aromatic heterocycles. The summed E-state index contributed by atoms with van der Waals surface area (Å²) in [4.78, 5) is 0. The Hall–Kier alpha value is -2.36. The van der Waals surface area contributed by atoms with Crippen LogP contribution in [-0.2, 0) is 0 Å². The van der Waals surface area contributed by atoms with E-state index in [1.54, 1.807) is 0 Å². The zero-order chi connectivity index (χ0) is 18.1. The van der Waals surface area contributed by atoms with Crippen LogP contribution in [0.2, 0.25) is 0 Å². The Labute approximate surface area is 155 Å². The van der Waals surface area contributed by atoms with Gasteiger partial charge in [0.05, 0.1) is 17.9 Å². The summed E-state index contributed by atoms with van der Waals surface area (Å²) in [6.45, 7) is 9.16. The van der Waals surface area contributed by atoms with Gasteiger partial charge in [-0.3, -0.25) is 0 Å². The predicted octanol–water partition coefficient (Wildman–Crippen LogP) is 4.98. The highest BCUT2D eigenvalue weighted by Crippen LogP contribution is 2.36. The van der Waals surface area contributed by atoms with E-state index in [4.69, 9.17) is 9.47 Å². The van der Waals surface area contributed by atoms with Crippen LogP contribution in [0.3, 0.4) is 0 Å². The average Bonchev–Trinajstić information content (AvgIpc) is 2.67. The first-order chi connectivity index (χ1) is 12.6. The van der Waals surface area contributed by atoms with Gasteiger partial charge in [-0.1, -0.05) is 32.9 Å². The molecule has 0 aliphatic carbocycles. The van der Waals surface area contributed by atoms with Crippen molar-refractivity contribution in [1.82, 2.24) is 0 Å². The lowest BCUT2D eigenvalue weighted by Gasteiger charge is -2.30. The van der Waals surface area contributed by atoms with Gasteiger partial charge in [0.15, 0.2) is 0 Å². The van der Waals surface area contributed by atoms with Crippen molar-refractivity contribution in [2.75, 3.05) is 30.3 Å². The van der Waals surface area contributed by atoms with Gasteiger partial charge in [0, 0.05) is 6.54 Å². The first kappa shape index (κ1) is 17.1. The highest BCUT2D eigenvalue weighted by Gasteiger charge is 2.23. The van der Waals surface area contributed by atoms with E-state index in [-0.39, 0.29) is 6.10 Å². The topological polar surface area (TPSA) is 42.5 Å². The molecule has 2 atom stereocenters. The van der Waals surface area contributed by atoms with Crippen molar-refractivity contribution in [2.24, 2.45) is 0 Å². The van der Waals surface area contributed by atoms with Crippen molar-refractivity contribution in [1.29, 1.82) is 0 Å². The van der Waals surface area contributed by atoms with Crippen molar-refractivity contribution in [3.8, 4) is 11.5 Å². The maximum absolute atomic E-state index is 6.32. The summed E-state index contributed by atoms with van der Waals surface area (Å²) < 4.78 is 12.0. The normalized spacial score (nSPS) is 19.3. The summed E-state index contributed by atoms with van der Waals surface area (Å²) >= 11 is 0. The Bertz CT molecular complexity index is 788. The van der Waals surface area contributed by atoms with Crippen LogP contribution in [0.25, 0.3) is 0 Å². The zero-order valence-corrected chi connectivity index (χ0v) is 15.8. The molecule has 2 aliphatic heterocycles. The maximum atomic E-state index is 6.32. The van der Waals surface area contributed by atoms with Crippen molar-refractivity contribution in [3.05, 3.63) is 47.5 Å². The van der Waals surface area contributed by atoms with Gasteiger partial charge in [0.2, 0.25) is 0 Å². The Morgan fingerprint density at radius 1 is 0.962 bits per heavy atom. The van der Waals surface area contributed by atoms with Crippen molar-refractivity contribution >= 4 is 11.4 Å². The molecule has 0 saturated carbocycles. The molecule has 2 N–H and O–H groups in total. The predicted molar refractivity (Wildman–Crippen MR) is 107 cm³/mol. The monoisotopic (exact) mass is 352 g/mol. The number of benzene rings is 2. The lowest BCUT2D eigenvalue weighted by molar-refractivity contribution is 0.187. The third kappa shape index (κ3) is 3.46. The Balaban J connectivity index is 1.45. The van der Waals surface area contributed by atoms with Crippen LogP contribution in [-0.4, -0.2) is 25.8 Å². The van der Waals surface area contributed by atoms with Crippen molar-refractivity contribution in [2.45, 2.75) is 45.1 Å². The van der Waals surface area contributed by atoms with Gasteiger partial charge < -0.3 is 20.1 Å². The quantitative estimate of drug-likeness (QED) is 0.814. The molecule has 0 fully saturated rings. The van der Waals surface area contributed by atoms with Crippen LogP contribution in [0.1, 0.15) is 50.2 Å². The van der Waals surface area contributed by atoms with E-state index in [0.29, 0.717) is 11.8 Å². The summed E-state index contributed by atoms with van der Waals surface area (Å²) in [5.74, 6) is 2.87. The van der Waals surface area contributed by atoms with E-state index in [9.17, 15) is 0 Å². The minimum absolute atomic E-state index is 0.181. The van der Waals surface area contributed by atoms with Crippen LogP contribution in [0.4, 0.5) is 11.4 Å². The molecule has 4 rings (SSSR count). The summed E-state index contributed by atoms with van der Waals surface area (Å²) in [6, 6.07) is 13.0. The molecule has 0 spiro atoms. The third-order valence-electron chi connectivity index (χ3n) is 5.35.